The Bertz CT molecular complexity index is 958. The van der Waals surface area contributed by atoms with Gasteiger partial charge in [-0.15, -0.1) is 0 Å². The van der Waals surface area contributed by atoms with Crippen molar-refractivity contribution in [1.29, 1.82) is 0 Å². The molecule has 1 aromatic rings. The Balaban J connectivity index is 1.66. The Morgan fingerprint density at radius 2 is 1.71 bits per heavy atom. The maximum absolute atomic E-state index is 12.7. The van der Waals surface area contributed by atoms with Crippen molar-refractivity contribution in [2.75, 3.05) is 45.8 Å². The minimum atomic E-state index is -3.53. The number of nitrogens with zero attached hydrogens (tertiary/aromatic N) is 1. The lowest BCUT2D eigenvalue weighted by Crippen LogP contribution is -2.48. The van der Waals surface area contributed by atoms with Crippen LogP contribution in [-0.2, 0) is 24.1 Å². The molecule has 0 radical (unpaired) electrons. The summed E-state index contributed by atoms with van der Waals surface area (Å²) in [6.07, 6.45) is 0.848. The molecule has 0 atom stereocenters. The molecule has 198 valence electrons. The van der Waals surface area contributed by atoms with Gasteiger partial charge in [-0.3, -0.25) is 4.79 Å². The lowest BCUT2D eigenvalue weighted by atomic mass is 10.1. The lowest BCUT2D eigenvalue weighted by Gasteiger charge is -2.32. The highest BCUT2D eigenvalue weighted by atomic mass is 32.2. The number of benzene rings is 1. The van der Waals surface area contributed by atoms with Crippen LogP contribution in [0.1, 0.15) is 44.7 Å². The second-order valence-corrected chi connectivity index (χ2v) is 11.6. The Labute approximate surface area is 208 Å². The molecule has 0 aromatic heterocycles. The molecular weight excluding hydrogens is 474 g/mol. The SMILES string of the molecule is COc1cc(C)c(S(=O)(=O)CNCCOCC(=O)N2CCC(NC(=O)OC(C)(C)C)CC2)c(C)c1. The van der Waals surface area contributed by atoms with Crippen LogP contribution >= 0.6 is 0 Å². The lowest BCUT2D eigenvalue weighted by molar-refractivity contribution is -0.137. The van der Waals surface area contributed by atoms with E-state index in [1.54, 1.807) is 38.0 Å². The van der Waals surface area contributed by atoms with E-state index < -0.39 is 21.5 Å². The Morgan fingerprint density at radius 3 is 2.26 bits per heavy atom. The molecule has 1 aromatic carbocycles. The van der Waals surface area contributed by atoms with Crippen LogP contribution in [-0.4, -0.2) is 82.8 Å². The fraction of sp³-hybridized carbons (Fsp3) is 0.667. The van der Waals surface area contributed by atoms with Crippen molar-refractivity contribution < 1.29 is 32.2 Å². The molecule has 1 saturated heterocycles. The van der Waals surface area contributed by atoms with Gasteiger partial charge in [0.1, 0.15) is 23.8 Å². The number of alkyl carbamates (subject to hydrolysis) is 1. The van der Waals surface area contributed by atoms with Gasteiger partial charge < -0.3 is 29.7 Å². The highest BCUT2D eigenvalue weighted by Gasteiger charge is 2.26. The number of amides is 2. The van der Waals surface area contributed by atoms with Gasteiger partial charge in [-0.2, -0.15) is 0 Å². The van der Waals surface area contributed by atoms with Crippen LogP contribution in [0.5, 0.6) is 5.75 Å². The molecule has 1 aliphatic rings. The van der Waals surface area contributed by atoms with Crippen molar-refractivity contribution in [2.24, 2.45) is 0 Å². The minimum absolute atomic E-state index is 0.0288. The van der Waals surface area contributed by atoms with Crippen LogP contribution in [0.2, 0.25) is 0 Å². The molecule has 1 aliphatic heterocycles. The molecule has 35 heavy (non-hydrogen) atoms. The molecule has 0 spiro atoms. The fourth-order valence-corrected chi connectivity index (χ4v) is 5.60. The Hall–Kier alpha value is -2.37. The largest absolute Gasteiger partial charge is 0.497 e. The number of aryl methyl sites for hydroxylation is 2. The van der Waals surface area contributed by atoms with E-state index in [2.05, 4.69) is 10.6 Å². The summed E-state index contributed by atoms with van der Waals surface area (Å²) in [6, 6.07) is 3.37. The number of nitrogens with one attached hydrogen (secondary N) is 2. The number of carbonyl (C=O) groups excluding carboxylic acids is 2. The van der Waals surface area contributed by atoms with Gasteiger partial charge in [-0.05, 0) is 70.7 Å². The molecule has 0 aliphatic carbocycles. The summed E-state index contributed by atoms with van der Waals surface area (Å²) in [5.41, 5.74) is 0.719. The summed E-state index contributed by atoms with van der Waals surface area (Å²) in [7, 11) is -1.99. The number of ether oxygens (including phenoxy) is 3. The summed E-state index contributed by atoms with van der Waals surface area (Å²) < 4.78 is 41.4. The number of hydrogen-bond acceptors (Lipinski definition) is 8. The third kappa shape index (κ3) is 9.30. The number of carbonyl (C=O) groups is 2. The van der Waals surface area contributed by atoms with Crippen molar-refractivity contribution in [3.8, 4) is 5.75 Å². The molecule has 1 fully saturated rings. The van der Waals surface area contributed by atoms with Crippen molar-refractivity contribution in [3.05, 3.63) is 23.3 Å². The van der Waals surface area contributed by atoms with Crippen LogP contribution in [0.15, 0.2) is 17.0 Å². The second-order valence-electron chi connectivity index (χ2n) is 9.70. The molecule has 1 heterocycles. The van der Waals surface area contributed by atoms with Crippen molar-refractivity contribution >= 4 is 21.8 Å². The molecule has 2 rings (SSSR count). The van der Waals surface area contributed by atoms with Gasteiger partial charge in [0.15, 0.2) is 9.84 Å². The second kappa shape index (κ2) is 12.5. The Morgan fingerprint density at radius 1 is 1.11 bits per heavy atom. The normalized spacial score (nSPS) is 15.1. The predicted molar refractivity (Wildman–Crippen MR) is 132 cm³/mol. The summed E-state index contributed by atoms with van der Waals surface area (Å²) in [6.45, 7) is 10.4. The first-order chi connectivity index (χ1) is 16.3. The first kappa shape index (κ1) is 28.9. The third-order valence-corrected chi connectivity index (χ3v) is 7.34. The van der Waals surface area contributed by atoms with E-state index in [0.717, 1.165) is 0 Å². The van der Waals surface area contributed by atoms with Crippen molar-refractivity contribution in [3.63, 3.8) is 0 Å². The van der Waals surface area contributed by atoms with Gasteiger partial charge in [-0.25, -0.2) is 13.2 Å². The summed E-state index contributed by atoms with van der Waals surface area (Å²) in [4.78, 5) is 26.3. The molecule has 0 bridgehead atoms. The van der Waals surface area contributed by atoms with Crippen LogP contribution in [0, 0.1) is 13.8 Å². The van der Waals surface area contributed by atoms with E-state index in [4.69, 9.17) is 14.2 Å². The molecular formula is C24H39N3O7S. The number of sulfone groups is 1. The quantitative estimate of drug-likeness (QED) is 0.456. The highest BCUT2D eigenvalue weighted by molar-refractivity contribution is 7.91. The van der Waals surface area contributed by atoms with E-state index in [1.807, 2.05) is 20.8 Å². The molecule has 0 unspecified atom stereocenters. The van der Waals surface area contributed by atoms with Gasteiger partial charge in [0.25, 0.3) is 0 Å². The van der Waals surface area contributed by atoms with Gasteiger partial charge in [0.2, 0.25) is 5.91 Å². The standard InChI is InChI=1S/C24H39N3O7S/c1-17-13-20(32-6)14-18(2)22(17)35(30,31)16-25-9-12-33-15-21(28)27-10-7-19(8-11-27)26-23(29)34-24(3,4)5/h13-14,19,25H,7-12,15-16H2,1-6H3,(H,26,29). The summed E-state index contributed by atoms with van der Waals surface area (Å²) in [5, 5.41) is 5.72. The average molecular weight is 514 g/mol. The van der Waals surface area contributed by atoms with Crippen molar-refractivity contribution in [2.45, 2.75) is 64.0 Å². The maximum Gasteiger partial charge on any atom is 0.407 e. The summed E-state index contributed by atoms with van der Waals surface area (Å²) >= 11 is 0. The smallest absolute Gasteiger partial charge is 0.407 e. The van der Waals surface area contributed by atoms with E-state index in [-0.39, 0.29) is 31.0 Å². The number of hydrogen-bond donors (Lipinski definition) is 2. The van der Waals surface area contributed by atoms with Crippen LogP contribution in [0.3, 0.4) is 0 Å². The van der Waals surface area contributed by atoms with Crippen LogP contribution in [0.4, 0.5) is 4.79 Å². The summed E-state index contributed by atoms with van der Waals surface area (Å²) in [5.74, 6) is 0.266. The monoisotopic (exact) mass is 513 g/mol. The van der Waals surface area contributed by atoms with Crippen LogP contribution < -0.4 is 15.4 Å². The zero-order valence-electron chi connectivity index (χ0n) is 21.6. The number of likely N-dealkylation sites (tertiary alicyclic amines) is 1. The van der Waals surface area contributed by atoms with Crippen LogP contribution in [0.25, 0.3) is 0 Å². The number of methoxy groups -OCH3 is 1. The van der Waals surface area contributed by atoms with Gasteiger partial charge in [-0.1, -0.05) is 0 Å². The van der Waals surface area contributed by atoms with E-state index >= 15 is 0 Å². The predicted octanol–water partition coefficient (Wildman–Crippen LogP) is 2.17. The number of piperidine rings is 1. The third-order valence-electron chi connectivity index (χ3n) is 5.49. The van der Waals surface area contributed by atoms with Gasteiger partial charge >= 0.3 is 6.09 Å². The Kier molecular flexibility index (Phi) is 10.3. The zero-order valence-corrected chi connectivity index (χ0v) is 22.4. The van der Waals surface area contributed by atoms with Gasteiger partial charge in [0.05, 0.1) is 18.6 Å². The average Bonchev–Trinajstić information content (AvgIpc) is 2.74. The van der Waals surface area contributed by atoms with Crippen molar-refractivity contribution in [1.82, 2.24) is 15.5 Å². The number of rotatable bonds is 10. The van der Waals surface area contributed by atoms with E-state index in [9.17, 15) is 18.0 Å². The van der Waals surface area contributed by atoms with E-state index in [0.29, 0.717) is 54.2 Å². The first-order valence-electron chi connectivity index (χ1n) is 11.8. The topological polar surface area (TPSA) is 123 Å². The molecule has 2 N–H and O–H groups in total. The van der Waals surface area contributed by atoms with Gasteiger partial charge in [0, 0.05) is 25.7 Å². The zero-order chi connectivity index (χ0) is 26.2. The molecule has 10 nitrogen and oxygen atoms in total. The maximum atomic E-state index is 12.7. The molecule has 11 heteroatoms. The van der Waals surface area contributed by atoms with E-state index in [1.165, 1.54) is 0 Å². The first-order valence-corrected chi connectivity index (χ1v) is 13.4. The highest BCUT2D eigenvalue weighted by Crippen LogP contribution is 2.26. The molecule has 2 amide bonds. The minimum Gasteiger partial charge on any atom is -0.497 e. The fourth-order valence-electron chi connectivity index (χ4n) is 3.94. The molecule has 0 saturated carbocycles.